The highest BCUT2D eigenvalue weighted by molar-refractivity contribution is 7.48. The summed E-state index contributed by atoms with van der Waals surface area (Å²) >= 11 is 0. The minimum atomic E-state index is -1.08. The van der Waals surface area contributed by atoms with E-state index in [-0.39, 0.29) is 0 Å². The van der Waals surface area contributed by atoms with Crippen molar-refractivity contribution >= 4 is 16.8 Å². The summed E-state index contributed by atoms with van der Waals surface area (Å²) in [5.41, 5.74) is 0. The van der Waals surface area contributed by atoms with Crippen LogP contribution in [0.1, 0.15) is 19.3 Å². The molecule has 0 atom stereocenters. The zero-order chi connectivity index (χ0) is 24.0. The number of unbranched alkanes of at least 4 members (excludes halogenated alkanes) is 2. The highest BCUT2D eigenvalue weighted by Gasteiger charge is 2.17. The third-order valence-electron chi connectivity index (χ3n) is 4.98. The van der Waals surface area contributed by atoms with Gasteiger partial charge in [0.1, 0.15) is 23.0 Å². The molecule has 4 rings (SSSR count). The van der Waals surface area contributed by atoms with Gasteiger partial charge in [0.05, 0.1) is 0 Å². The Labute approximate surface area is 210 Å². The molecule has 0 spiro atoms. The van der Waals surface area contributed by atoms with E-state index in [4.69, 9.17) is 18.1 Å². The summed E-state index contributed by atoms with van der Waals surface area (Å²) in [6.45, 7) is 0. The van der Waals surface area contributed by atoms with Crippen molar-refractivity contribution in [2.45, 2.75) is 19.3 Å². The van der Waals surface area contributed by atoms with E-state index in [2.05, 4.69) is 0 Å². The van der Waals surface area contributed by atoms with E-state index in [0.29, 0.717) is 0 Å². The molecule has 6 heteroatoms. The van der Waals surface area contributed by atoms with Gasteiger partial charge in [0.25, 0.3) is 16.8 Å². The molecule has 0 aliphatic carbocycles. The van der Waals surface area contributed by atoms with E-state index in [1.807, 2.05) is 121 Å². The first-order valence-electron chi connectivity index (χ1n) is 11.8. The summed E-state index contributed by atoms with van der Waals surface area (Å²) in [6, 6.07) is 39.5. The fourth-order valence-corrected chi connectivity index (χ4v) is 6.10. The monoisotopic (exact) mass is 504 g/mol. The van der Waals surface area contributed by atoms with Gasteiger partial charge in [0.15, 0.2) is 0 Å². The molecule has 0 radical (unpaired) electrons. The molecular formula is C29H30O4P2. The molecule has 0 amide bonds. The fraction of sp³-hybridized carbons (Fsp3) is 0.172. The van der Waals surface area contributed by atoms with E-state index in [0.717, 1.165) is 54.6 Å². The van der Waals surface area contributed by atoms with Gasteiger partial charge in [0.2, 0.25) is 0 Å². The Morgan fingerprint density at radius 1 is 0.343 bits per heavy atom. The lowest BCUT2D eigenvalue weighted by Crippen LogP contribution is -2.02. The lowest BCUT2D eigenvalue weighted by atomic mass is 10.3. The van der Waals surface area contributed by atoms with Gasteiger partial charge in [-0.2, -0.15) is 0 Å². The molecule has 0 saturated heterocycles. The van der Waals surface area contributed by atoms with Gasteiger partial charge in [-0.1, -0.05) is 79.2 Å². The van der Waals surface area contributed by atoms with E-state index in [1.54, 1.807) is 0 Å². The quantitative estimate of drug-likeness (QED) is 0.127. The van der Waals surface area contributed by atoms with Crippen LogP contribution >= 0.6 is 16.8 Å². The molecular weight excluding hydrogens is 474 g/mol. The second-order valence-electron chi connectivity index (χ2n) is 7.79. The lowest BCUT2D eigenvalue weighted by Gasteiger charge is -2.20. The molecule has 0 fully saturated rings. The van der Waals surface area contributed by atoms with Crippen molar-refractivity contribution in [2.24, 2.45) is 0 Å². The van der Waals surface area contributed by atoms with Crippen molar-refractivity contribution in [1.29, 1.82) is 0 Å². The summed E-state index contributed by atoms with van der Waals surface area (Å²) in [7, 11) is -2.16. The standard InChI is InChI=1S/C29H30O4P2/c1-6-16-26(17-7-1)30-34(31-27-18-8-2-9-19-27)24-14-5-15-25-35(32-28-20-10-3-11-21-28)33-29-22-12-4-13-23-29/h1-4,6-13,16-23H,5,14-15,24-25H2. The first-order valence-corrected chi connectivity index (χ1v) is 14.5. The first-order chi connectivity index (χ1) is 17.3. The van der Waals surface area contributed by atoms with E-state index < -0.39 is 16.8 Å². The lowest BCUT2D eigenvalue weighted by molar-refractivity contribution is 0.482. The molecule has 0 heterocycles. The van der Waals surface area contributed by atoms with Crippen LogP contribution in [-0.2, 0) is 0 Å². The summed E-state index contributed by atoms with van der Waals surface area (Å²) in [5, 5.41) is 0. The zero-order valence-corrected chi connectivity index (χ0v) is 21.4. The predicted molar refractivity (Wildman–Crippen MR) is 146 cm³/mol. The molecule has 0 aliphatic heterocycles. The number of hydrogen-bond acceptors (Lipinski definition) is 4. The van der Waals surface area contributed by atoms with Crippen molar-refractivity contribution < 1.29 is 18.1 Å². The Morgan fingerprint density at radius 3 is 0.857 bits per heavy atom. The van der Waals surface area contributed by atoms with Crippen LogP contribution in [0.25, 0.3) is 0 Å². The fourth-order valence-electron chi connectivity index (χ4n) is 3.27. The van der Waals surface area contributed by atoms with Crippen LogP contribution in [0.15, 0.2) is 121 Å². The zero-order valence-electron chi connectivity index (χ0n) is 19.6. The second kappa shape index (κ2) is 14.4. The van der Waals surface area contributed by atoms with E-state index in [9.17, 15) is 0 Å². The Morgan fingerprint density at radius 2 is 0.600 bits per heavy atom. The molecule has 0 saturated carbocycles. The average molecular weight is 505 g/mol. The van der Waals surface area contributed by atoms with Crippen LogP contribution in [0.3, 0.4) is 0 Å². The van der Waals surface area contributed by atoms with Crippen LogP contribution in [0.5, 0.6) is 23.0 Å². The van der Waals surface area contributed by atoms with Crippen LogP contribution in [0, 0.1) is 0 Å². The van der Waals surface area contributed by atoms with E-state index in [1.165, 1.54) is 0 Å². The van der Waals surface area contributed by atoms with Crippen LogP contribution < -0.4 is 18.1 Å². The first kappa shape index (κ1) is 25.0. The smallest absolute Gasteiger partial charge is 0.290 e. The molecule has 0 aliphatic rings. The number of benzene rings is 4. The molecule has 0 bridgehead atoms. The largest absolute Gasteiger partial charge is 0.439 e. The maximum atomic E-state index is 6.20. The van der Waals surface area contributed by atoms with Gasteiger partial charge >= 0.3 is 0 Å². The normalized spacial score (nSPS) is 10.8. The molecule has 4 nitrogen and oxygen atoms in total. The van der Waals surface area contributed by atoms with Crippen molar-refractivity contribution in [1.82, 2.24) is 0 Å². The minimum Gasteiger partial charge on any atom is -0.439 e. The van der Waals surface area contributed by atoms with Crippen LogP contribution in [0.2, 0.25) is 0 Å². The Kier molecular flexibility index (Phi) is 10.3. The maximum Gasteiger partial charge on any atom is 0.290 e. The Bertz CT molecular complexity index is 911. The molecule has 35 heavy (non-hydrogen) atoms. The number of hydrogen-bond donors (Lipinski definition) is 0. The van der Waals surface area contributed by atoms with Gasteiger partial charge in [-0.3, -0.25) is 0 Å². The van der Waals surface area contributed by atoms with Gasteiger partial charge in [0, 0.05) is 12.3 Å². The van der Waals surface area contributed by atoms with Gasteiger partial charge in [-0.25, -0.2) is 0 Å². The average Bonchev–Trinajstić information content (AvgIpc) is 2.91. The molecule has 0 aromatic heterocycles. The molecule has 0 N–H and O–H groups in total. The van der Waals surface area contributed by atoms with Crippen molar-refractivity contribution in [3.05, 3.63) is 121 Å². The predicted octanol–water partition coefficient (Wildman–Crippen LogP) is 9.10. The summed E-state index contributed by atoms with van der Waals surface area (Å²) < 4.78 is 24.8. The third-order valence-corrected chi connectivity index (χ3v) is 8.00. The Balaban J connectivity index is 1.28. The topological polar surface area (TPSA) is 36.9 Å². The van der Waals surface area contributed by atoms with Crippen LogP contribution in [-0.4, -0.2) is 12.3 Å². The third kappa shape index (κ3) is 9.25. The Hall–Kier alpha value is -3.06. The molecule has 0 unspecified atom stereocenters. The highest BCUT2D eigenvalue weighted by atomic mass is 31.2. The molecule has 180 valence electrons. The number of rotatable bonds is 14. The van der Waals surface area contributed by atoms with Gasteiger partial charge in [-0.15, -0.1) is 0 Å². The van der Waals surface area contributed by atoms with Crippen molar-refractivity contribution in [3.63, 3.8) is 0 Å². The van der Waals surface area contributed by atoms with E-state index >= 15 is 0 Å². The van der Waals surface area contributed by atoms with Crippen LogP contribution in [0.4, 0.5) is 0 Å². The van der Waals surface area contributed by atoms with Gasteiger partial charge in [-0.05, 0) is 61.4 Å². The van der Waals surface area contributed by atoms with Gasteiger partial charge < -0.3 is 18.1 Å². The number of para-hydroxylation sites is 4. The van der Waals surface area contributed by atoms with Crippen molar-refractivity contribution in [3.8, 4) is 23.0 Å². The molecule has 4 aromatic rings. The summed E-state index contributed by atoms with van der Waals surface area (Å²) in [6.07, 6.45) is 4.77. The highest BCUT2D eigenvalue weighted by Crippen LogP contribution is 2.43. The SMILES string of the molecule is c1ccc(OP(CCCCCP(Oc2ccccc2)Oc2ccccc2)Oc2ccccc2)cc1. The minimum absolute atomic E-state index is 0.839. The molecule has 4 aromatic carbocycles. The van der Waals surface area contributed by atoms with Crippen molar-refractivity contribution in [2.75, 3.05) is 12.3 Å². The second-order valence-corrected chi connectivity index (χ2v) is 10.7. The summed E-state index contributed by atoms with van der Waals surface area (Å²) in [4.78, 5) is 0. The summed E-state index contributed by atoms with van der Waals surface area (Å²) in [5.74, 6) is 3.35. The maximum absolute atomic E-state index is 6.20.